The molecule has 5 rings (SSSR count). The first-order valence-electron chi connectivity index (χ1n) is 13.6. The fourth-order valence-corrected chi connectivity index (χ4v) is 5.71. The van der Waals surface area contributed by atoms with E-state index in [0.717, 1.165) is 41.2 Å². The predicted octanol–water partition coefficient (Wildman–Crippen LogP) is 2.48. The number of aryl methyl sites for hydroxylation is 1. The standard InChI is InChI=1S/C27H35FN10O3/c1-26(2)12-17(9-18-7-6-8-37(18)26)31-23-16(13-29)14-30-24(33-23)32-20-11-21(38-25(39)36(5)34-35-38)22(10-19(20)28)41-15-27(3,4)40/h10-11,14,17-18,40H,6-9,12,15H2,1-5H3,(H2,30,31,32,33)/t17-,18-/m1/s1. The minimum atomic E-state index is -1.21. The maximum atomic E-state index is 15.3. The number of hydrogen-bond acceptors (Lipinski definition) is 11. The average Bonchev–Trinajstić information content (AvgIpc) is 3.51. The number of tetrazole rings is 1. The van der Waals surface area contributed by atoms with E-state index < -0.39 is 17.1 Å². The summed E-state index contributed by atoms with van der Waals surface area (Å²) in [6.07, 6.45) is 5.55. The van der Waals surface area contributed by atoms with Crippen LogP contribution in [0.25, 0.3) is 5.69 Å². The molecule has 41 heavy (non-hydrogen) atoms. The van der Waals surface area contributed by atoms with Crippen LogP contribution in [0.4, 0.5) is 21.8 Å². The SMILES string of the molecule is Cn1nnn(-c2cc(Nc3ncc(C#N)c(N[C@@H]4C[C@H]5CCCN5C(C)(C)C4)n3)c(F)cc2OCC(C)(C)O)c1=O. The van der Waals surface area contributed by atoms with Crippen LogP contribution in [-0.4, -0.2) is 76.1 Å². The van der Waals surface area contributed by atoms with Crippen LogP contribution in [0.2, 0.25) is 0 Å². The van der Waals surface area contributed by atoms with Gasteiger partial charge >= 0.3 is 5.69 Å². The number of rotatable bonds is 8. The van der Waals surface area contributed by atoms with Crippen LogP contribution in [0.3, 0.4) is 0 Å². The third-order valence-corrected chi connectivity index (χ3v) is 7.53. The van der Waals surface area contributed by atoms with Crippen molar-refractivity contribution in [3.8, 4) is 17.5 Å². The summed E-state index contributed by atoms with van der Waals surface area (Å²) in [4.78, 5) is 23.9. The fraction of sp³-hybridized carbons (Fsp3) is 0.556. The van der Waals surface area contributed by atoms with Crippen LogP contribution in [0, 0.1) is 17.1 Å². The third-order valence-electron chi connectivity index (χ3n) is 7.53. The van der Waals surface area contributed by atoms with Gasteiger partial charge in [0.05, 0.1) is 17.5 Å². The minimum Gasteiger partial charge on any atom is -0.488 e. The summed E-state index contributed by atoms with van der Waals surface area (Å²) in [5, 5.41) is 33.7. The van der Waals surface area contributed by atoms with Crippen LogP contribution in [-0.2, 0) is 7.05 Å². The van der Waals surface area contributed by atoms with Gasteiger partial charge in [-0.1, -0.05) is 0 Å². The van der Waals surface area contributed by atoms with E-state index in [-0.39, 0.29) is 46.8 Å². The minimum absolute atomic E-state index is 0.0123. The molecule has 3 aromatic rings. The fourth-order valence-electron chi connectivity index (χ4n) is 5.71. The molecule has 13 nitrogen and oxygen atoms in total. The second kappa shape index (κ2) is 10.7. The predicted molar refractivity (Wildman–Crippen MR) is 149 cm³/mol. The molecule has 0 radical (unpaired) electrons. The van der Waals surface area contributed by atoms with E-state index in [9.17, 15) is 15.2 Å². The lowest BCUT2D eigenvalue weighted by molar-refractivity contribution is 0.0283. The zero-order valence-electron chi connectivity index (χ0n) is 23.8. The van der Waals surface area contributed by atoms with Crippen LogP contribution in [0.1, 0.15) is 58.9 Å². The highest BCUT2D eigenvalue weighted by atomic mass is 19.1. The Kier molecular flexibility index (Phi) is 7.43. The van der Waals surface area contributed by atoms with Crippen molar-refractivity contribution >= 4 is 17.5 Å². The number of benzene rings is 1. The van der Waals surface area contributed by atoms with Gasteiger partial charge in [0, 0.05) is 30.7 Å². The number of nitriles is 1. The first-order chi connectivity index (χ1) is 19.3. The van der Waals surface area contributed by atoms with Gasteiger partial charge in [-0.3, -0.25) is 4.90 Å². The maximum absolute atomic E-state index is 15.3. The first-order valence-corrected chi connectivity index (χ1v) is 13.6. The normalized spacial score (nSPS) is 20.3. The lowest BCUT2D eigenvalue weighted by atomic mass is 9.84. The second-order valence-corrected chi connectivity index (χ2v) is 12.0. The Morgan fingerprint density at radius 3 is 2.78 bits per heavy atom. The summed E-state index contributed by atoms with van der Waals surface area (Å²) in [5.74, 6) is -0.297. The Balaban J connectivity index is 1.44. The first kappa shape index (κ1) is 28.4. The van der Waals surface area contributed by atoms with E-state index >= 15 is 4.39 Å². The summed E-state index contributed by atoms with van der Waals surface area (Å²) in [5.41, 5.74) is -1.43. The van der Waals surface area contributed by atoms with Crippen molar-refractivity contribution in [1.82, 2.24) is 34.7 Å². The van der Waals surface area contributed by atoms with E-state index in [1.807, 2.05) is 0 Å². The molecule has 1 aromatic carbocycles. The molecule has 0 amide bonds. The smallest absolute Gasteiger partial charge is 0.368 e. The Labute approximate surface area is 236 Å². The lowest BCUT2D eigenvalue weighted by Gasteiger charge is -2.47. The molecule has 0 spiro atoms. The van der Waals surface area contributed by atoms with E-state index in [0.29, 0.717) is 11.9 Å². The number of aromatic nitrogens is 6. The Morgan fingerprint density at radius 2 is 2.10 bits per heavy atom. The monoisotopic (exact) mass is 566 g/mol. The summed E-state index contributed by atoms with van der Waals surface area (Å²) in [7, 11) is 1.43. The molecule has 0 bridgehead atoms. The molecule has 14 heteroatoms. The van der Waals surface area contributed by atoms with Gasteiger partial charge in [0.2, 0.25) is 5.95 Å². The molecule has 2 fully saturated rings. The third kappa shape index (κ3) is 6.01. The lowest BCUT2D eigenvalue weighted by Crippen LogP contribution is -2.55. The van der Waals surface area contributed by atoms with E-state index in [1.54, 1.807) is 13.8 Å². The molecule has 218 valence electrons. The van der Waals surface area contributed by atoms with Crippen LogP contribution < -0.4 is 21.1 Å². The van der Waals surface area contributed by atoms with Crippen LogP contribution >= 0.6 is 0 Å². The topological polar surface area (TPSA) is 159 Å². The molecule has 2 aliphatic rings. The van der Waals surface area contributed by atoms with Crippen molar-refractivity contribution in [2.24, 2.45) is 7.05 Å². The van der Waals surface area contributed by atoms with Gasteiger partial charge in [0.15, 0.2) is 5.82 Å². The Morgan fingerprint density at radius 1 is 1.32 bits per heavy atom. The van der Waals surface area contributed by atoms with Crippen LogP contribution in [0.5, 0.6) is 5.75 Å². The highest BCUT2D eigenvalue weighted by molar-refractivity contribution is 5.64. The number of aliphatic hydroxyl groups is 1. The number of nitrogens with one attached hydrogen (secondary N) is 2. The molecular weight excluding hydrogens is 531 g/mol. The number of piperidine rings is 1. The Bertz CT molecular complexity index is 1540. The second-order valence-electron chi connectivity index (χ2n) is 12.0. The molecule has 3 N–H and O–H groups in total. The van der Waals surface area contributed by atoms with Crippen molar-refractivity contribution in [3.63, 3.8) is 0 Å². The zero-order valence-corrected chi connectivity index (χ0v) is 23.8. The molecule has 0 aliphatic carbocycles. The summed E-state index contributed by atoms with van der Waals surface area (Å²) in [6, 6.07) is 5.15. The summed E-state index contributed by atoms with van der Waals surface area (Å²) >= 11 is 0. The molecule has 2 saturated heterocycles. The van der Waals surface area contributed by atoms with Gasteiger partial charge in [0.1, 0.15) is 35.5 Å². The molecule has 4 heterocycles. The highest BCUT2D eigenvalue weighted by Gasteiger charge is 2.43. The Hall–Kier alpha value is -4.09. The van der Waals surface area contributed by atoms with Crippen molar-refractivity contribution in [2.75, 3.05) is 23.8 Å². The van der Waals surface area contributed by atoms with Gasteiger partial charge in [-0.05, 0) is 76.4 Å². The number of ether oxygens (including phenoxy) is 1. The average molecular weight is 567 g/mol. The molecule has 2 atom stereocenters. The van der Waals surface area contributed by atoms with Crippen molar-refractivity contribution < 1.29 is 14.2 Å². The van der Waals surface area contributed by atoms with Gasteiger partial charge in [-0.15, -0.1) is 0 Å². The number of anilines is 3. The van der Waals surface area contributed by atoms with Crippen molar-refractivity contribution in [1.29, 1.82) is 5.26 Å². The summed E-state index contributed by atoms with van der Waals surface area (Å²) in [6.45, 7) is 8.51. The van der Waals surface area contributed by atoms with E-state index in [4.69, 9.17) is 4.74 Å². The van der Waals surface area contributed by atoms with E-state index in [2.05, 4.69) is 55.8 Å². The van der Waals surface area contributed by atoms with Crippen molar-refractivity contribution in [3.05, 3.63) is 40.2 Å². The summed E-state index contributed by atoms with van der Waals surface area (Å²) < 4.78 is 23.0. The largest absolute Gasteiger partial charge is 0.488 e. The van der Waals surface area contributed by atoms with E-state index in [1.165, 1.54) is 25.7 Å². The zero-order chi connectivity index (χ0) is 29.5. The van der Waals surface area contributed by atoms with Gasteiger partial charge in [0.25, 0.3) is 0 Å². The number of halogens is 1. The number of fused-ring (bicyclic) bond motifs is 1. The highest BCUT2D eigenvalue weighted by Crippen LogP contribution is 2.39. The maximum Gasteiger partial charge on any atom is 0.368 e. The molecular formula is C27H35FN10O3. The quantitative estimate of drug-likeness (QED) is 0.368. The molecule has 2 aromatic heterocycles. The van der Waals surface area contributed by atoms with Gasteiger partial charge in [-0.25, -0.2) is 14.2 Å². The van der Waals surface area contributed by atoms with Crippen LogP contribution in [0.15, 0.2) is 23.1 Å². The van der Waals surface area contributed by atoms with Crippen molar-refractivity contribution in [2.45, 2.75) is 76.6 Å². The number of hydrogen-bond donors (Lipinski definition) is 3. The molecule has 0 unspecified atom stereocenters. The molecule has 2 aliphatic heterocycles. The van der Waals surface area contributed by atoms with Gasteiger partial charge < -0.3 is 20.5 Å². The van der Waals surface area contributed by atoms with Gasteiger partial charge in [-0.2, -0.15) is 19.6 Å². The molecule has 0 saturated carbocycles. The number of nitrogens with zero attached hydrogens (tertiary/aromatic N) is 8.